The van der Waals surface area contributed by atoms with Gasteiger partial charge in [-0.1, -0.05) is 41.4 Å². The first-order valence-corrected chi connectivity index (χ1v) is 7.05. The van der Waals surface area contributed by atoms with Crippen LogP contribution in [0.4, 0.5) is 5.69 Å². The number of nitro benzene ring substituents is 1. The Bertz CT molecular complexity index is 733. The standard InChI is InChI=1S/C15H11Cl2NO4/c1-9(11-4-2-3-5-13(11)16)22-15(19)12-7-6-10(18(20)21)8-14(12)17/h2-9H,1H3/t9-/m1/s1. The van der Waals surface area contributed by atoms with Crippen LogP contribution in [0.1, 0.15) is 28.9 Å². The number of rotatable bonds is 4. The molecule has 0 fully saturated rings. The minimum Gasteiger partial charge on any atom is -0.454 e. The van der Waals surface area contributed by atoms with Crippen molar-refractivity contribution in [2.24, 2.45) is 0 Å². The zero-order valence-corrected chi connectivity index (χ0v) is 13.0. The molecule has 2 aromatic rings. The topological polar surface area (TPSA) is 69.4 Å². The van der Waals surface area contributed by atoms with Crippen LogP contribution in [0.3, 0.4) is 0 Å². The third kappa shape index (κ3) is 3.55. The molecule has 0 spiro atoms. The molecule has 0 aliphatic heterocycles. The van der Waals surface area contributed by atoms with E-state index in [9.17, 15) is 14.9 Å². The van der Waals surface area contributed by atoms with Gasteiger partial charge < -0.3 is 4.74 Å². The van der Waals surface area contributed by atoms with Gasteiger partial charge in [0.25, 0.3) is 5.69 Å². The zero-order chi connectivity index (χ0) is 16.3. The van der Waals surface area contributed by atoms with E-state index in [4.69, 9.17) is 27.9 Å². The highest BCUT2D eigenvalue weighted by molar-refractivity contribution is 6.33. The lowest BCUT2D eigenvalue weighted by atomic mass is 10.1. The first-order chi connectivity index (χ1) is 10.4. The highest BCUT2D eigenvalue weighted by Gasteiger charge is 2.19. The second-order valence-electron chi connectivity index (χ2n) is 4.49. The highest BCUT2D eigenvalue weighted by atomic mass is 35.5. The van der Waals surface area contributed by atoms with Gasteiger partial charge in [0.15, 0.2) is 0 Å². The number of benzene rings is 2. The van der Waals surface area contributed by atoms with E-state index in [0.717, 1.165) is 6.07 Å². The second kappa shape index (κ2) is 6.77. The largest absolute Gasteiger partial charge is 0.454 e. The van der Waals surface area contributed by atoms with Gasteiger partial charge >= 0.3 is 5.97 Å². The van der Waals surface area contributed by atoms with Crippen molar-refractivity contribution in [3.8, 4) is 0 Å². The van der Waals surface area contributed by atoms with Gasteiger partial charge in [-0.25, -0.2) is 4.79 Å². The lowest BCUT2D eigenvalue weighted by molar-refractivity contribution is -0.384. The number of non-ortho nitro benzene ring substituents is 1. The van der Waals surface area contributed by atoms with Crippen molar-refractivity contribution in [3.05, 3.63) is 73.8 Å². The summed E-state index contributed by atoms with van der Waals surface area (Å²) < 4.78 is 5.31. The molecule has 2 rings (SSSR count). The molecule has 5 nitrogen and oxygen atoms in total. The molecule has 0 aromatic heterocycles. The molecule has 22 heavy (non-hydrogen) atoms. The summed E-state index contributed by atoms with van der Waals surface area (Å²) in [4.78, 5) is 22.2. The fourth-order valence-electron chi connectivity index (χ4n) is 1.88. The monoisotopic (exact) mass is 339 g/mol. The Morgan fingerprint density at radius 3 is 2.45 bits per heavy atom. The van der Waals surface area contributed by atoms with Gasteiger partial charge in [-0.3, -0.25) is 10.1 Å². The van der Waals surface area contributed by atoms with E-state index in [1.54, 1.807) is 31.2 Å². The molecule has 2 aromatic carbocycles. The van der Waals surface area contributed by atoms with Crippen LogP contribution in [-0.2, 0) is 4.74 Å². The fraction of sp³-hybridized carbons (Fsp3) is 0.133. The number of nitro groups is 1. The Kier molecular flexibility index (Phi) is 5.00. The predicted octanol–water partition coefficient (Wildman–Crippen LogP) is 4.82. The van der Waals surface area contributed by atoms with Crippen molar-refractivity contribution in [1.82, 2.24) is 0 Å². The van der Waals surface area contributed by atoms with Crippen LogP contribution < -0.4 is 0 Å². The van der Waals surface area contributed by atoms with Crippen LogP contribution >= 0.6 is 23.2 Å². The molecule has 0 heterocycles. The van der Waals surface area contributed by atoms with Gasteiger partial charge in [0.1, 0.15) is 6.10 Å². The number of esters is 1. The summed E-state index contributed by atoms with van der Waals surface area (Å²) in [5.74, 6) is -0.674. The summed E-state index contributed by atoms with van der Waals surface area (Å²) in [6, 6.07) is 10.6. The fourth-order valence-corrected chi connectivity index (χ4v) is 2.42. The quantitative estimate of drug-likeness (QED) is 0.454. The van der Waals surface area contributed by atoms with E-state index in [2.05, 4.69) is 0 Å². The van der Waals surface area contributed by atoms with E-state index in [-0.39, 0.29) is 16.3 Å². The summed E-state index contributed by atoms with van der Waals surface area (Å²) in [5, 5.41) is 11.1. The first-order valence-electron chi connectivity index (χ1n) is 6.29. The third-order valence-electron chi connectivity index (χ3n) is 3.01. The lowest BCUT2D eigenvalue weighted by Crippen LogP contribution is -2.10. The van der Waals surface area contributed by atoms with Crippen molar-refractivity contribution in [2.75, 3.05) is 0 Å². The molecular formula is C15H11Cl2NO4. The van der Waals surface area contributed by atoms with Crippen molar-refractivity contribution in [3.63, 3.8) is 0 Å². The molecule has 7 heteroatoms. The molecule has 1 atom stereocenters. The first kappa shape index (κ1) is 16.3. The van der Waals surface area contributed by atoms with Crippen LogP contribution in [-0.4, -0.2) is 10.9 Å². The number of hydrogen-bond donors (Lipinski definition) is 0. The van der Waals surface area contributed by atoms with Gasteiger partial charge in [0, 0.05) is 22.7 Å². The molecule has 0 unspecified atom stereocenters. The van der Waals surface area contributed by atoms with E-state index >= 15 is 0 Å². The number of halogens is 2. The SMILES string of the molecule is C[C@@H](OC(=O)c1ccc([N+](=O)[O-])cc1Cl)c1ccccc1Cl. The van der Waals surface area contributed by atoms with Crippen LogP contribution in [0.15, 0.2) is 42.5 Å². The van der Waals surface area contributed by atoms with Gasteiger partial charge in [-0.2, -0.15) is 0 Å². The van der Waals surface area contributed by atoms with Gasteiger partial charge in [-0.15, -0.1) is 0 Å². The zero-order valence-electron chi connectivity index (χ0n) is 11.5. The van der Waals surface area contributed by atoms with Crippen molar-refractivity contribution >= 4 is 34.9 Å². The molecule has 0 aliphatic carbocycles. The summed E-state index contributed by atoms with van der Waals surface area (Å²) in [7, 11) is 0. The number of nitrogens with zero attached hydrogens (tertiary/aromatic N) is 1. The maximum absolute atomic E-state index is 12.1. The van der Waals surface area contributed by atoms with Crippen LogP contribution in [0, 0.1) is 10.1 Å². The van der Waals surface area contributed by atoms with Crippen molar-refractivity contribution in [1.29, 1.82) is 0 Å². The molecule has 0 amide bonds. The Morgan fingerprint density at radius 2 is 1.86 bits per heavy atom. The number of ether oxygens (including phenoxy) is 1. The Labute approximate surface area is 136 Å². The second-order valence-corrected chi connectivity index (χ2v) is 5.30. The molecule has 0 saturated heterocycles. The van der Waals surface area contributed by atoms with Crippen molar-refractivity contribution in [2.45, 2.75) is 13.0 Å². The molecular weight excluding hydrogens is 329 g/mol. The summed E-state index contributed by atoms with van der Waals surface area (Å²) in [6.07, 6.45) is -0.576. The smallest absolute Gasteiger partial charge is 0.340 e. The summed E-state index contributed by atoms with van der Waals surface area (Å²) in [5.41, 5.74) is 0.530. The number of carbonyl (C=O) groups excluding carboxylic acids is 1. The van der Waals surface area contributed by atoms with E-state index in [1.807, 2.05) is 0 Å². The summed E-state index contributed by atoms with van der Waals surface area (Å²) in [6.45, 7) is 1.68. The Hall–Kier alpha value is -2.11. The summed E-state index contributed by atoms with van der Waals surface area (Å²) >= 11 is 11.9. The predicted molar refractivity (Wildman–Crippen MR) is 83.4 cm³/mol. The highest BCUT2D eigenvalue weighted by Crippen LogP contribution is 2.28. The van der Waals surface area contributed by atoms with Crippen LogP contribution in [0.5, 0.6) is 0 Å². The van der Waals surface area contributed by atoms with Crippen LogP contribution in [0.2, 0.25) is 10.0 Å². The van der Waals surface area contributed by atoms with Gasteiger partial charge in [0.05, 0.1) is 15.5 Å². The minimum absolute atomic E-state index is 0.0365. The number of hydrogen-bond acceptors (Lipinski definition) is 4. The maximum Gasteiger partial charge on any atom is 0.340 e. The van der Waals surface area contributed by atoms with Crippen molar-refractivity contribution < 1.29 is 14.5 Å². The average molecular weight is 340 g/mol. The number of carbonyl (C=O) groups is 1. The molecule has 0 saturated carbocycles. The molecule has 114 valence electrons. The Morgan fingerprint density at radius 1 is 1.18 bits per heavy atom. The van der Waals surface area contributed by atoms with E-state index < -0.39 is 17.0 Å². The third-order valence-corrected chi connectivity index (χ3v) is 3.67. The van der Waals surface area contributed by atoms with Gasteiger partial charge in [-0.05, 0) is 19.1 Å². The minimum atomic E-state index is -0.674. The molecule has 0 aliphatic rings. The Balaban J connectivity index is 2.19. The average Bonchev–Trinajstić information content (AvgIpc) is 2.47. The maximum atomic E-state index is 12.1. The molecule has 0 N–H and O–H groups in total. The van der Waals surface area contributed by atoms with E-state index in [0.29, 0.717) is 10.6 Å². The normalized spacial score (nSPS) is 11.8. The lowest BCUT2D eigenvalue weighted by Gasteiger charge is -2.15. The molecule has 0 bridgehead atoms. The van der Waals surface area contributed by atoms with Crippen LogP contribution in [0.25, 0.3) is 0 Å². The molecule has 0 radical (unpaired) electrons. The van der Waals surface area contributed by atoms with Gasteiger partial charge in [0.2, 0.25) is 0 Å². The van der Waals surface area contributed by atoms with E-state index in [1.165, 1.54) is 12.1 Å².